The van der Waals surface area contributed by atoms with Gasteiger partial charge in [-0.3, -0.25) is 9.59 Å². The SMILES string of the molecule is CC(=O)[C@H](Cc1ccccc1)NC(=O)COC(=O)c1cc2ccccc2o1. The van der Waals surface area contributed by atoms with E-state index in [0.717, 1.165) is 10.9 Å². The molecule has 1 atom stereocenters. The van der Waals surface area contributed by atoms with Gasteiger partial charge in [0.1, 0.15) is 5.58 Å². The zero-order chi connectivity index (χ0) is 19.2. The summed E-state index contributed by atoms with van der Waals surface area (Å²) in [4.78, 5) is 36.0. The molecular formula is C21H19NO5. The molecule has 1 aromatic heterocycles. The number of hydrogen-bond acceptors (Lipinski definition) is 5. The first kappa shape index (κ1) is 18.4. The van der Waals surface area contributed by atoms with Crippen LogP contribution in [0.1, 0.15) is 23.0 Å². The van der Waals surface area contributed by atoms with E-state index in [2.05, 4.69) is 5.32 Å². The molecule has 27 heavy (non-hydrogen) atoms. The van der Waals surface area contributed by atoms with Crippen molar-refractivity contribution in [2.75, 3.05) is 6.61 Å². The van der Waals surface area contributed by atoms with Crippen LogP contribution in [0.15, 0.2) is 65.1 Å². The first-order valence-electron chi connectivity index (χ1n) is 8.52. The third-order valence-electron chi connectivity index (χ3n) is 4.07. The topological polar surface area (TPSA) is 85.6 Å². The molecule has 6 nitrogen and oxygen atoms in total. The van der Waals surface area contributed by atoms with Crippen LogP contribution in [0.2, 0.25) is 0 Å². The van der Waals surface area contributed by atoms with Crippen LogP contribution in [0.5, 0.6) is 0 Å². The molecular weight excluding hydrogens is 346 g/mol. The van der Waals surface area contributed by atoms with Gasteiger partial charge in [-0.05, 0) is 31.0 Å². The second-order valence-corrected chi connectivity index (χ2v) is 6.15. The lowest BCUT2D eigenvalue weighted by atomic mass is 10.0. The van der Waals surface area contributed by atoms with Crippen molar-refractivity contribution in [3.05, 3.63) is 72.0 Å². The van der Waals surface area contributed by atoms with Crippen LogP contribution in [0.25, 0.3) is 11.0 Å². The molecule has 1 amide bonds. The molecule has 0 fully saturated rings. The number of amides is 1. The molecule has 0 radical (unpaired) electrons. The zero-order valence-corrected chi connectivity index (χ0v) is 14.8. The third kappa shape index (κ3) is 4.82. The number of rotatable bonds is 7. The monoisotopic (exact) mass is 365 g/mol. The summed E-state index contributed by atoms with van der Waals surface area (Å²) in [6, 6.07) is 17.4. The number of carbonyl (C=O) groups excluding carboxylic acids is 3. The number of hydrogen-bond donors (Lipinski definition) is 1. The zero-order valence-electron chi connectivity index (χ0n) is 14.8. The number of ketones is 1. The number of fused-ring (bicyclic) bond motifs is 1. The molecule has 138 valence electrons. The largest absolute Gasteiger partial charge is 0.450 e. The number of esters is 1. The van der Waals surface area contributed by atoms with Gasteiger partial charge in [-0.2, -0.15) is 0 Å². The second kappa shape index (κ2) is 8.31. The van der Waals surface area contributed by atoms with Crippen molar-refractivity contribution in [3.63, 3.8) is 0 Å². The number of para-hydroxylation sites is 1. The molecule has 3 rings (SSSR count). The predicted molar refractivity (Wildman–Crippen MR) is 99.3 cm³/mol. The van der Waals surface area contributed by atoms with Crippen LogP contribution in [-0.2, 0) is 20.7 Å². The molecule has 0 bridgehead atoms. The van der Waals surface area contributed by atoms with Crippen LogP contribution >= 0.6 is 0 Å². The molecule has 0 aliphatic heterocycles. The van der Waals surface area contributed by atoms with Gasteiger partial charge in [0.05, 0.1) is 6.04 Å². The summed E-state index contributed by atoms with van der Waals surface area (Å²) in [6.45, 7) is 0.919. The Morgan fingerprint density at radius 3 is 2.44 bits per heavy atom. The first-order valence-corrected chi connectivity index (χ1v) is 8.52. The maximum atomic E-state index is 12.1. The Bertz CT molecular complexity index is 928. The van der Waals surface area contributed by atoms with E-state index in [1.54, 1.807) is 18.2 Å². The van der Waals surface area contributed by atoms with Gasteiger partial charge in [0.2, 0.25) is 5.76 Å². The van der Waals surface area contributed by atoms with E-state index in [1.807, 2.05) is 42.5 Å². The van der Waals surface area contributed by atoms with Crippen LogP contribution in [-0.4, -0.2) is 30.3 Å². The van der Waals surface area contributed by atoms with E-state index >= 15 is 0 Å². The normalized spacial score (nSPS) is 11.7. The fourth-order valence-corrected chi connectivity index (χ4v) is 2.67. The van der Waals surface area contributed by atoms with Crippen molar-refractivity contribution in [1.82, 2.24) is 5.32 Å². The lowest BCUT2D eigenvalue weighted by molar-refractivity contribution is -0.128. The number of benzene rings is 2. The van der Waals surface area contributed by atoms with Crippen LogP contribution in [0.4, 0.5) is 0 Å². The highest BCUT2D eigenvalue weighted by molar-refractivity contribution is 5.94. The van der Waals surface area contributed by atoms with Crippen LogP contribution in [0, 0.1) is 0 Å². The molecule has 1 heterocycles. The van der Waals surface area contributed by atoms with Gasteiger partial charge in [-0.1, -0.05) is 48.5 Å². The van der Waals surface area contributed by atoms with Gasteiger partial charge in [-0.15, -0.1) is 0 Å². The van der Waals surface area contributed by atoms with Crippen molar-refractivity contribution in [1.29, 1.82) is 0 Å². The quantitative estimate of drug-likeness (QED) is 0.651. The second-order valence-electron chi connectivity index (χ2n) is 6.15. The van der Waals surface area contributed by atoms with Crippen molar-refractivity contribution in [2.24, 2.45) is 0 Å². The molecule has 6 heteroatoms. The maximum Gasteiger partial charge on any atom is 0.374 e. The average molecular weight is 365 g/mol. The fourth-order valence-electron chi connectivity index (χ4n) is 2.67. The van der Waals surface area contributed by atoms with Crippen LogP contribution < -0.4 is 5.32 Å². The summed E-state index contributed by atoms with van der Waals surface area (Å²) >= 11 is 0. The lowest BCUT2D eigenvalue weighted by Gasteiger charge is -2.16. The van der Waals surface area contributed by atoms with Gasteiger partial charge in [0, 0.05) is 5.39 Å². The van der Waals surface area contributed by atoms with Gasteiger partial charge in [-0.25, -0.2) is 4.79 Å². The number of ether oxygens (including phenoxy) is 1. The Morgan fingerprint density at radius 2 is 1.74 bits per heavy atom. The Morgan fingerprint density at radius 1 is 1.04 bits per heavy atom. The highest BCUT2D eigenvalue weighted by atomic mass is 16.5. The van der Waals surface area contributed by atoms with Gasteiger partial charge >= 0.3 is 5.97 Å². The standard InChI is InChI=1S/C21H19NO5/c1-14(23)17(11-15-7-3-2-4-8-15)22-20(24)13-26-21(25)19-12-16-9-5-6-10-18(16)27-19/h2-10,12,17H,11,13H2,1H3,(H,22,24)/t17-/m0/s1. The highest BCUT2D eigenvalue weighted by Gasteiger charge is 2.20. The number of Topliss-reactive ketones (excluding diaryl/α,β-unsaturated/α-hetero) is 1. The fraction of sp³-hybridized carbons (Fsp3) is 0.190. The molecule has 0 saturated heterocycles. The lowest BCUT2D eigenvalue weighted by Crippen LogP contribution is -2.43. The molecule has 1 N–H and O–H groups in total. The van der Waals surface area contributed by atoms with E-state index < -0.39 is 24.5 Å². The Labute approximate surface area is 156 Å². The van der Waals surface area contributed by atoms with E-state index in [4.69, 9.17) is 9.15 Å². The highest BCUT2D eigenvalue weighted by Crippen LogP contribution is 2.19. The number of furan rings is 1. The maximum absolute atomic E-state index is 12.1. The minimum Gasteiger partial charge on any atom is -0.450 e. The number of nitrogens with one attached hydrogen (secondary N) is 1. The Kier molecular flexibility index (Phi) is 5.66. The predicted octanol–water partition coefficient (Wildman–Crippen LogP) is 2.91. The van der Waals surface area contributed by atoms with E-state index in [-0.39, 0.29) is 11.5 Å². The van der Waals surface area contributed by atoms with Crippen LogP contribution in [0.3, 0.4) is 0 Å². The summed E-state index contributed by atoms with van der Waals surface area (Å²) in [5.41, 5.74) is 1.49. The Hall–Kier alpha value is -3.41. The van der Waals surface area contributed by atoms with E-state index in [1.165, 1.54) is 6.92 Å². The van der Waals surface area contributed by atoms with Crippen molar-refractivity contribution < 1.29 is 23.5 Å². The molecule has 0 aliphatic rings. The summed E-state index contributed by atoms with van der Waals surface area (Å²) < 4.78 is 10.4. The smallest absolute Gasteiger partial charge is 0.374 e. The minimum atomic E-state index is -0.733. The van der Waals surface area contributed by atoms with E-state index in [0.29, 0.717) is 12.0 Å². The molecule has 0 aliphatic carbocycles. The number of carbonyl (C=O) groups is 3. The molecule has 0 saturated carbocycles. The Balaban J connectivity index is 1.55. The van der Waals surface area contributed by atoms with E-state index in [9.17, 15) is 14.4 Å². The summed E-state index contributed by atoms with van der Waals surface area (Å²) in [5, 5.41) is 3.37. The first-order chi connectivity index (χ1) is 13.0. The van der Waals surface area contributed by atoms with Gasteiger partial charge in [0.15, 0.2) is 12.4 Å². The molecule has 0 unspecified atom stereocenters. The summed E-state index contributed by atoms with van der Waals surface area (Å²) in [5.74, 6) is -1.42. The average Bonchev–Trinajstić information content (AvgIpc) is 3.10. The van der Waals surface area contributed by atoms with Gasteiger partial charge in [0.25, 0.3) is 5.91 Å². The van der Waals surface area contributed by atoms with Crippen molar-refractivity contribution in [3.8, 4) is 0 Å². The van der Waals surface area contributed by atoms with Crippen molar-refractivity contribution in [2.45, 2.75) is 19.4 Å². The van der Waals surface area contributed by atoms with Gasteiger partial charge < -0.3 is 14.5 Å². The molecule has 0 spiro atoms. The third-order valence-corrected chi connectivity index (χ3v) is 4.07. The molecule has 2 aromatic carbocycles. The molecule has 3 aromatic rings. The summed E-state index contributed by atoms with van der Waals surface area (Å²) in [7, 11) is 0. The summed E-state index contributed by atoms with van der Waals surface area (Å²) in [6.07, 6.45) is 0.374. The minimum absolute atomic E-state index is 0.0244. The van der Waals surface area contributed by atoms with Crippen molar-refractivity contribution >= 4 is 28.6 Å².